The fourth-order valence-corrected chi connectivity index (χ4v) is 10.9. The molecule has 0 rings (SSSR count). The first-order valence-electron chi connectivity index (χ1n) is 32.8. The molecule has 0 aliphatic carbocycles. The average Bonchev–Trinajstić information content (AvgIpc) is 3.44. The molecule has 0 saturated heterocycles. The van der Waals surface area contributed by atoms with E-state index in [0.717, 1.165) is 103 Å². The molecule has 480 valence electrons. The summed E-state index contributed by atoms with van der Waals surface area (Å²) in [5.74, 6) is -2.14. The van der Waals surface area contributed by atoms with Gasteiger partial charge in [-0.1, -0.05) is 265 Å². The molecule has 0 aliphatic heterocycles. The van der Waals surface area contributed by atoms with Gasteiger partial charge in [0, 0.05) is 25.7 Å². The summed E-state index contributed by atoms with van der Waals surface area (Å²) in [6, 6.07) is 0. The molecule has 81 heavy (non-hydrogen) atoms. The molecule has 19 heteroatoms. The normalized spacial score (nSPS) is 14.2. The van der Waals surface area contributed by atoms with Crippen molar-refractivity contribution in [2.24, 2.45) is 0 Å². The van der Waals surface area contributed by atoms with Gasteiger partial charge in [-0.15, -0.1) is 0 Å². The predicted molar refractivity (Wildman–Crippen MR) is 322 cm³/mol. The molecule has 0 aromatic rings. The second-order valence-electron chi connectivity index (χ2n) is 22.4. The van der Waals surface area contributed by atoms with Gasteiger partial charge in [-0.2, -0.15) is 0 Å². The van der Waals surface area contributed by atoms with Crippen molar-refractivity contribution in [1.29, 1.82) is 0 Å². The van der Waals surface area contributed by atoms with Gasteiger partial charge in [-0.25, -0.2) is 9.13 Å². The number of carbonyl (C=O) groups is 4. The lowest BCUT2D eigenvalue weighted by atomic mass is 10.0. The molecule has 0 heterocycles. The summed E-state index contributed by atoms with van der Waals surface area (Å²) in [7, 11) is -9.87. The van der Waals surface area contributed by atoms with Crippen molar-refractivity contribution >= 4 is 39.5 Å². The molecule has 0 saturated carbocycles. The monoisotopic (exact) mass is 1200 g/mol. The maximum absolute atomic E-state index is 13.0. The van der Waals surface area contributed by atoms with Crippen LogP contribution in [0.15, 0.2) is 0 Å². The highest BCUT2D eigenvalue weighted by atomic mass is 31.2. The topological polar surface area (TPSA) is 237 Å². The molecule has 5 atom stereocenters. The predicted octanol–water partition coefficient (Wildman–Crippen LogP) is 17.2. The Balaban J connectivity index is 5.21. The van der Waals surface area contributed by atoms with Gasteiger partial charge < -0.3 is 33.8 Å². The summed E-state index contributed by atoms with van der Waals surface area (Å²) in [6.45, 7) is 4.83. The van der Waals surface area contributed by atoms with Crippen LogP contribution in [0.1, 0.15) is 317 Å². The highest BCUT2D eigenvalue weighted by Gasteiger charge is 2.30. The minimum absolute atomic E-state index is 0.106. The number of rotatable bonds is 63. The Kier molecular flexibility index (Phi) is 55.8. The molecule has 0 spiro atoms. The first kappa shape index (κ1) is 79.1. The summed E-state index contributed by atoms with van der Waals surface area (Å²) in [5, 5.41) is 10.5. The van der Waals surface area contributed by atoms with Crippen LogP contribution in [-0.4, -0.2) is 96.7 Å². The van der Waals surface area contributed by atoms with Gasteiger partial charge >= 0.3 is 39.5 Å². The number of carbonyl (C=O) groups excluding carboxylic acids is 4. The number of unbranched alkanes of at least 4 members (excludes halogenated alkanes) is 37. The molecule has 0 bridgehead atoms. The van der Waals surface area contributed by atoms with Crippen molar-refractivity contribution in [2.75, 3.05) is 39.6 Å². The van der Waals surface area contributed by atoms with E-state index in [1.165, 1.54) is 135 Å². The first-order valence-corrected chi connectivity index (χ1v) is 35.8. The second-order valence-corrected chi connectivity index (χ2v) is 25.4. The van der Waals surface area contributed by atoms with Gasteiger partial charge in [-0.3, -0.25) is 37.3 Å². The molecular formula is C62H120O17P2. The fourth-order valence-electron chi connectivity index (χ4n) is 9.28. The summed E-state index contributed by atoms with van der Waals surface area (Å²) < 4.78 is 67.8. The fraction of sp³-hybridized carbons (Fsp3) is 0.935. The number of phosphoric ester groups is 2. The number of ether oxygens (including phenoxy) is 4. The standard InChI is InChI=1S/C62H120O17P2/c1-5-9-13-17-21-24-27-28-30-33-37-41-45-49-62(67)79-58(53-73-60(65)47-43-39-35-32-29-25-22-18-14-10-6-2)55-77-81(70,71)75-51-56(63)50-74-80(68,69)76-54-57(52-72-59(64)46-42-38-34-20-16-12-8-4)78-61(66)48-44-40-36-31-26-23-19-15-11-7-3/h56-58,63H,5-55H2,1-4H3,(H,68,69)(H,70,71)/t56-,57+,58+/m0/s1. The molecule has 17 nitrogen and oxygen atoms in total. The number of aliphatic hydroxyl groups excluding tert-OH is 1. The summed E-state index contributed by atoms with van der Waals surface area (Å²) in [4.78, 5) is 72.0. The van der Waals surface area contributed by atoms with E-state index in [4.69, 9.17) is 37.0 Å². The number of hydrogen-bond acceptors (Lipinski definition) is 15. The average molecular weight is 1200 g/mol. The van der Waals surface area contributed by atoms with Crippen LogP contribution in [-0.2, 0) is 65.4 Å². The zero-order valence-electron chi connectivity index (χ0n) is 51.7. The Bertz CT molecular complexity index is 1570. The van der Waals surface area contributed by atoms with E-state index in [-0.39, 0.29) is 25.7 Å². The maximum Gasteiger partial charge on any atom is 0.472 e. The van der Waals surface area contributed by atoms with E-state index in [1.54, 1.807) is 0 Å². The minimum atomic E-state index is -4.94. The Labute approximate surface area is 492 Å². The Morgan fingerprint density at radius 1 is 0.296 bits per heavy atom. The van der Waals surface area contributed by atoms with E-state index in [1.807, 2.05) is 0 Å². The number of hydrogen-bond donors (Lipinski definition) is 3. The van der Waals surface area contributed by atoms with Crippen LogP contribution in [0.4, 0.5) is 0 Å². The van der Waals surface area contributed by atoms with Gasteiger partial charge in [0.1, 0.15) is 19.3 Å². The van der Waals surface area contributed by atoms with Gasteiger partial charge in [0.25, 0.3) is 0 Å². The zero-order chi connectivity index (χ0) is 59.8. The van der Waals surface area contributed by atoms with Gasteiger partial charge in [0.05, 0.1) is 26.4 Å². The zero-order valence-corrected chi connectivity index (χ0v) is 53.5. The van der Waals surface area contributed by atoms with Gasteiger partial charge in [0.2, 0.25) is 0 Å². The van der Waals surface area contributed by atoms with E-state index < -0.39 is 97.5 Å². The minimum Gasteiger partial charge on any atom is -0.462 e. The third-order valence-electron chi connectivity index (χ3n) is 14.4. The molecule has 0 fully saturated rings. The van der Waals surface area contributed by atoms with Crippen LogP contribution >= 0.6 is 15.6 Å². The van der Waals surface area contributed by atoms with Crippen LogP contribution in [0.25, 0.3) is 0 Å². The molecule has 0 aromatic carbocycles. The molecule has 2 unspecified atom stereocenters. The third-order valence-corrected chi connectivity index (χ3v) is 16.3. The SMILES string of the molecule is CCCCCCCCCCCCCCCC(=O)O[C@H](COC(=O)CCCCCCCCCCCCC)COP(=O)(O)OC[C@@H](O)COP(=O)(O)OC[C@@H](COC(=O)CCCCCCCCC)OC(=O)CCCCCCCCCCCC. The van der Waals surface area contributed by atoms with Gasteiger partial charge in [-0.05, 0) is 25.7 Å². The number of aliphatic hydroxyl groups is 1. The molecule has 0 aromatic heterocycles. The highest BCUT2D eigenvalue weighted by molar-refractivity contribution is 7.47. The lowest BCUT2D eigenvalue weighted by Crippen LogP contribution is -2.30. The van der Waals surface area contributed by atoms with Crippen LogP contribution in [0.5, 0.6) is 0 Å². The van der Waals surface area contributed by atoms with Crippen LogP contribution < -0.4 is 0 Å². The number of phosphoric acid groups is 2. The summed E-state index contributed by atoms with van der Waals surface area (Å²) in [5.41, 5.74) is 0. The molecule has 0 amide bonds. The third kappa shape index (κ3) is 56.9. The maximum atomic E-state index is 13.0. The Morgan fingerprint density at radius 3 is 0.728 bits per heavy atom. The van der Waals surface area contributed by atoms with Crippen LogP contribution in [0, 0.1) is 0 Å². The van der Waals surface area contributed by atoms with Crippen molar-refractivity contribution in [2.45, 2.75) is 335 Å². The molecule has 3 N–H and O–H groups in total. The van der Waals surface area contributed by atoms with Crippen molar-refractivity contribution in [3.63, 3.8) is 0 Å². The summed E-state index contributed by atoms with van der Waals surface area (Å²) >= 11 is 0. The van der Waals surface area contributed by atoms with Crippen molar-refractivity contribution < 1.29 is 80.2 Å². The van der Waals surface area contributed by atoms with Crippen LogP contribution in [0.2, 0.25) is 0 Å². The Hall–Kier alpha value is -1.94. The lowest BCUT2D eigenvalue weighted by molar-refractivity contribution is -0.161. The molecular weight excluding hydrogens is 1080 g/mol. The highest BCUT2D eigenvalue weighted by Crippen LogP contribution is 2.45. The quantitative estimate of drug-likeness (QED) is 0.0222. The van der Waals surface area contributed by atoms with Gasteiger partial charge in [0.15, 0.2) is 12.2 Å². The Morgan fingerprint density at radius 2 is 0.494 bits per heavy atom. The first-order chi connectivity index (χ1) is 39.2. The van der Waals surface area contributed by atoms with Crippen molar-refractivity contribution in [3.05, 3.63) is 0 Å². The van der Waals surface area contributed by atoms with E-state index in [0.29, 0.717) is 25.7 Å². The smallest absolute Gasteiger partial charge is 0.462 e. The lowest BCUT2D eigenvalue weighted by Gasteiger charge is -2.21. The number of esters is 4. The second kappa shape index (κ2) is 57.2. The molecule has 0 aliphatic rings. The van der Waals surface area contributed by atoms with Crippen molar-refractivity contribution in [3.8, 4) is 0 Å². The van der Waals surface area contributed by atoms with E-state index in [9.17, 15) is 43.2 Å². The van der Waals surface area contributed by atoms with E-state index in [2.05, 4.69) is 27.7 Å². The largest absolute Gasteiger partial charge is 0.472 e. The van der Waals surface area contributed by atoms with Crippen molar-refractivity contribution in [1.82, 2.24) is 0 Å². The summed E-state index contributed by atoms with van der Waals surface area (Å²) in [6.07, 6.45) is 41.6. The van der Waals surface area contributed by atoms with E-state index >= 15 is 0 Å². The molecule has 0 radical (unpaired) electrons. The van der Waals surface area contributed by atoms with Crippen LogP contribution in [0.3, 0.4) is 0 Å².